The monoisotopic (exact) mass is 321 g/mol. The third kappa shape index (κ3) is 3.64. The van der Waals surface area contributed by atoms with E-state index in [9.17, 15) is 4.79 Å². The van der Waals surface area contributed by atoms with Gasteiger partial charge in [-0.1, -0.05) is 18.2 Å². The molecule has 0 bridgehead atoms. The summed E-state index contributed by atoms with van der Waals surface area (Å²) in [6, 6.07) is 9.98. The highest BCUT2D eigenvalue weighted by atomic mass is 35.5. The van der Waals surface area contributed by atoms with Gasteiger partial charge in [0.2, 0.25) is 5.91 Å². The van der Waals surface area contributed by atoms with E-state index in [4.69, 9.17) is 5.73 Å². The number of carbonyl (C=O) groups excluding carboxylic acids is 1. The maximum absolute atomic E-state index is 12.1. The van der Waals surface area contributed by atoms with Crippen LogP contribution in [0.2, 0.25) is 0 Å². The number of benzene rings is 1. The maximum atomic E-state index is 12.1. The van der Waals surface area contributed by atoms with Gasteiger partial charge in [-0.2, -0.15) is 0 Å². The molecule has 1 amide bonds. The molecule has 22 heavy (non-hydrogen) atoms. The van der Waals surface area contributed by atoms with Gasteiger partial charge in [0, 0.05) is 17.6 Å². The first-order valence-corrected chi connectivity index (χ1v) is 7.21. The maximum Gasteiger partial charge on any atom is 0.223 e. The third-order valence-corrected chi connectivity index (χ3v) is 3.92. The molecule has 1 aliphatic carbocycles. The summed E-state index contributed by atoms with van der Waals surface area (Å²) in [5, 5.41) is 10.9. The fourth-order valence-electron chi connectivity index (χ4n) is 2.75. The molecule has 1 aliphatic rings. The fraction of sp³-hybridized carbons (Fsp3) is 0.400. The second kappa shape index (κ2) is 7.38. The van der Waals surface area contributed by atoms with Gasteiger partial charge < -0.3 is 11.1 Å². The van der Waals surface area contributed by atoms with Crippen LogP contribution in [0, 0.1) is 5.92 Å². The van der Waals surface area contributed by atoms with E-state index in [0.717, 1.165) is 30.8 Å². The van der Waals surface area contributed by atoms with Crippen molar-refractivity contribution in [1.29, 1.82) is 0 Å². The first kappa shape index (κ1) is 16.5. The number of aromatic nitrogens is 3. The van der Waals surface area contributed by atoms with Crippen molar-refractivity contribution in [2.75, 3.05) is 0 Å². The van der Waals surface area contributed by atoms with Crippen LogP contribution in [0.15, 0.2) is 36.7 Å². The lowest BCUT2D eigenvalue weighted by Crippen LogP contribution is -2.30. The number of nitrogens with one attached hydrogen (secondary N) is 1. The SMILES string of the molecule is Cl.NC1CCC(C(=O)NCc2nncn2-c2ccccc2)C1. The lowest BCUT2D eigenvalue weighted by atomic mass is 10.1. The predicted octanol–water partition coefficient (Wildman–Crippen LogP) is 1.43. The lowest BCUT2D eigenvalue weighted by Gasteiger charge is -2.11. The van der Waals surface area contributed by atoms with Crippen molar-refractivity contribution in [3.8, 4) is 5.69 Å². The van der Waals surface area contributed by atoms with Crippen LogP contribution in [0.4, 0.5) is 0 Å². The minimum absolute atomic E-state index is 0. The summed E-state index contributed by atoms with van der Waals surface area (Å²) in [5.41, 5.74) is 6.83. The molecule has 2 aromatic rings. The number of rotatable bonds is 4. The summed E-state index contributed by atoms with van der Waals surface area (Å²) in [4.78, 5) is 12.1. The Morgan fingerprint density at radius 1 is 1.32 bits per heavy atom. The summed E-state index contributed by atoms with van der Waals surface area (Å²) in [6.45, 7) is 0.374. The topological polar surface area (TPSA) is 85.8 Å². The number of amides is 1. The Hall–Kier alpha value is -1.92. The van der Waals surface area contributed by atoms with Crippen LogP contribution >= 0.6 is 12.4 Å². The molecule has 6 nitrogen and oxygen atoms in total. The number of nitrogens with two attached hydrogens (primary N) is 1. The molecule has 0 aliphatic heterocycles. The Kier molecular flexibility index (Phi) is 5.51. The number of halogens is 1. The normalized spacial score (nSPS) is 20.4. The van der Waals surface area contributed by atoms with E-state index in [1.165, 1.54) is 0 Å². The van der Waals surface area contributed by atoms with E-state index in [-0.39, 0.29) is 30.3 Å². The molecular weight excluding hydrogens is 302 g/mol. The number of hydrogen-bond donors (Lipinski definition) is 2. The minimum Gasteiger partial charge on any atom is -0.349 e. The molecule has 118 valence electrons. The average Bonchev–Trinajstić information content (AvgIpc) is 3.14. The molecule has 2 unspecified atom stereocenters. The fourth-order valence-corrected chi connectivity index (χ4v) is 2.75. The minimum atomic E-state index is 0. The molecule has 1 aromatic heterocycles. The molecular formula is C15H20ClN5O. The van der Waals surface area contributed by atoms with Crippen molar-refractivity contribution < 1.29 is 4.79 Å². The summed E-state index contributed by atoms with van der Waals surface area (Å²) >= 11 is 0. The van der Waals surface area contributed by atoms with E-state index < -0.39 is 0 Å². The molecule has 1 fully saturated rings. The van der Waals surface area contributed by atoms with Crippen molar-refractivity contribution in [2.45, 2.75) is 31.8 Å². The van der Waals surface area contributed by atoms with E-state index in [0.29, 0.717) is 6.54 Å². The van der Waals surface area contributed by atoms with Crippen molar-refractivity contribution in [1.82, 2.24) is 20.1 Å². The van der Waals surface area contributed by atoms with Gasteiger partial charge in [-0.3, -0.25) is 9.36 Å². The quantitative estimate of drug-likeness (QED) is 0.892. The molecule has 2 atom stereocenters. The second-order valence-electron chi connectivity index (χ2n) is 5.44. The zero-order chi connectivity index (χ0) is 14.7. The van der Waals surface area contributed by atoms with E-state index in [1.54, 1.807) is 6.33 Å². The van der Waals surface area contributed by atoms with Gasteiger partial charge in [0.1, 0.15) is 6.33 Å². The third-order valence-electron chi connectivity index (χ3n) is 3.92. The van der Waals surface area contributed by atoms with Crippen LogP contribution in [0.5, 0.6) is 0 Å². The zero-order valence-corrected chi connectivity index (χ0v) is 13.0. The van der Waals surface area contributed by atoms with E-state index >= 15 is 0 Å². The van der Waals surface area contributed by atoms with Gasteiger partial charge in [-0.15, -0.1) is 22.6 Å². The number of hydrogen-bond acceptors (Lipinski definition) is 4. The molecule has 1 heterocycles. The number of carbonyl (C=O) groups is 1. The second-order valence-corrected chi connectivity index (χ2v) is 5.44. The van der Waals surface area contributed by atoms with Crippen molar-refractivity contribution in [3.63, 3.8) is 0 Å². The smallest absolute Gasteiger partial charge is 0.223 e. The van der Waals surface area contributed by atoms with Gasteiger partial charge in [-0.05, 0) is 31.4 Å². The van der Waals surface area contributed by atoms with Crippen LogP contribution in [0.25, 0.3) is 5.69 Å². The Morgan fingerprint density at radius 3 is 2.77 bits per heavy atom. The molecule has 7 heteroatoms. The van der Waals surface area contributed by atoms with Gasteiger partial charge in [0.05, 0.1) is 6.54 Å². The molecule has 3 rings (SSSR count). The van der Waals surface area contributed by atoms with Crippen molar-refractivity contribution in [2.24, 2.45) is 11.7 Å². The standard InChI is InChI=1S/C15H19N5O.ClH/c16-12-7-6-11(8-12)15(21)17-9-14-19-18-10-20(14)13-4-2-1-3-5-13;/h1-5,10-12H,6-9,16H2,(H,17,21);1H. The predicted molar refractivity (Wildman–Crippen MR) is 85.8 cm³/mol. The lowest BCUT2D eigenvalue weighted by molar-refractivity contribution is -0.125. The van der Waals surface area contributed by atoms with Crippen molar-refractivity contribution >= 4 is 18.3 Å². The van der Waals surface area contributed by atoms with Gasteiger partial charge in [0.15, 0.2) is 5.82 Å². The molecule has 1 aromatic carbocycles. The van der Waals surface area contributed by atoms with E-state index in [1.807, 2.05) is 34.9 Å². The van der Waals surface area contributed by atoms with Crippen LogP contribution < -0.4 is 11.1 Å². The largest absolute Gasteiger partial charge is 0.349 e. The molecule has 3 N–H and O–H groups in total. The highest BCUT2D eigenvalue weighted by Crippen LogP contribution is 2.24. The first-order valence-electron chi connectivity index (χ1n) is 7.21. The summed E-state index contributed by atoms with van der Waals surface area (Å²) < 4.78 is 1.88. The van der Waals surface area contributed by atoms with Gasteiger partial charge in [0.25, 0.3) is 0 Å². The number of nitrogens with zero attached hydrogens (tertiary/aromatic N) is 3. The highest BCUT2D eigenvalue weighted by Gasteiger charge is 2.27. The van der Waals surface area contributed by atoms with E-state index in [2.05, 4.69) is 15.5 Å². The summed E-state index contributed by atoms with van der Waals surface area (Å²) in [7, 11) is 0. The van der Waals surface area contributed by atoms with Crippen LogP contribution in [-0.2, 0) is 11.3 Å². The molecule has 0 spiro atoms. The Labute approximate surface area is 135 Å². The van der Waals surface area contributed by atoms with Crippen molar-refractivity contribution in [3.05, 3.63) is 42.5 Å². The van der Waals surface area contributed by atoms with Crippen LogP contribution in [0.3, 0.4) is 0 Å². The average molecular weight is 322 g/mol. The molecule has 0 radical (unpaired) electrons. The zero-order valence-electron chi connectivity index (χ0n) is 12.2. The summed E-state index contributed by atoms with van der Waals surface area (Å²) in [5.74, 6) is 0.815. The van der Waals surface area contributed by atoms with Gasteiger partial charge in [-0.25, -0.2) is 0 Å². The Bertz CT molecular complexity index is 615. The van der Waals surface area contributed by atoms with Crippen LogP contribution in [-0.4, -0.2) is 26.7 Å². The number of para-hydroxylation sites is 1. The summed E-state index contributed by atoms with van der Waals surface area (Å²) in [6.07, 6.45) is 4.23. The van der Waals surface area contributed by atoms with Gasteiger partial charge >= 0.3 is 0 Å². The molecule has 0 saturated heterocycles. The molecule has 1 saturated carbocycles. The first-order chi connectivity index (χ1) is 10.2. The van der Waals surface area contributed by atoms with Crippen LogP contribution in [0.1, 0.15) is 25.1 Å². The Morgan fingerprint density at radius 2 is 2.09 bits per heavy atom. The highest BCUT2D eigenvalue weighted by molar-refractivity contribution is 5.85. The Balaban J connectivity index is 0.00000176.